The lowest BCUT2D eigenvalue weighted by atomic mass is 10.2. The summed E-state index contributed by atoms with van der Waals surface area (Å²) in [7, 11) is 1.60. The van der Waals surface area contributed by atoms with Crippen LogP contribution in [0.15, 0.2) is 85.3 Å². The van der Waals surface area contributed by atoms with Crippen LogP contribution in [0.2, 0.25) is 0 Å². The minimum atomic E-state index is -0.309. The van der Waals surface area contributed by atoms with Crippen molar-refractivity contribution in [3.05, 3.63) is 90.9 Å². The highest BCUT2D eigenvalue weighted by atomic mass is 16.5. The maximum atomic E-state index is 12.3. The number of carbonyl (C=O) groups excluding carboxylic acids is 1. The lowest BCUT2D eigenvalue weighted by molar-refractivity contribution is 0.251. The van der Waals surface area contributed by atoms with Crippen molar-refractivity contribution in [2.24, 2.45) is 0 Å². The number of para-hydroxylation sites is 2. The molecule has 4 aromatic rings. The quantitative estimate of drug-likeness (QED) is 0.467. The number of nitrogens with zero attached hydrogens (tertiary/aromatic N) is 3. The molecule has 0 bridgehead atoms. The average Bonchev–Trinajstić information content (AvgIpc) is 3.35. The Morgan fingerprint density at radius 1 is 1.00 bits per heavy atom. The van der Waals surface area contributed by atoms with Gasteiger partial charge in [0.25, 0.3) is 0 Å². The number of ether oxygens (including phenoxy) is 2. The number of benzene rings is 2. The Hall–Kier alpha value is -4.33. The summed E-state index contributed by atoms with van der Waals surface area (Å²) in [6.45, 7) is 0.359. The lowest BCUT2D eigenvalue weighted by Crippen LogP contribution is -2.28. The average molecular weight is 415 g/mol. The molecule has 0 aliphatic rings. The molecule has 2 aromatic heterocycles. The van der Waals surface area contributed by atoms with Crippen molar-refractivity contribution in [3.8, 4) is 23.1 Å². The third-order valence-corrected chi connectivity index (χ3v) is 4.41. The minimum Gasteiger partial charge on any atom is -0.493 e. The van der Waals surface area contributed by atoms with Gasteiger partial charge in [-0.3, -0.25) is 0 Å². The molecule has 156 valence electrons. The second-order valence-electron chi connectivity index (χ2n) is 6.56. The summed E-state index contributed by atoms with van der Waals surface area (Å²) in [5, 5.41) is 9.80. The van der Waals surface area contributed by atoms with Crippen molar-refractivity contribution in [1.29, 1.82) is 0 Å². The number of methoxy groups -OCH3 is 1. The Balaban J connectivity index is 1.31. The van der Waals surface area contributed by atoms with Gasteiger partial charge in [0.1, 0.15) is 5.75 Å². The number of hydrogen-bond acceptors (Lipinski definition) is 5. The van der Waals surface area contributed by atoms with Crippen LogP contribution in [0.3, 0.4) is 0 Å². The van der Waals surface area contributed by atoms with Crippen LogP contribution in [0, 0.1) is 0 Å². The van der Waals surface area contributed by atoms with E-state index in [9.17, 15) is 4.79 Å². The molecule has 4 rings (SSSR count). The summed E-state index contributed by atoms with van der Waals surface area (Å²) < 4.78 is 12.8. The van der Waals surface area contributed by atoms with E-state index in [0.29, 0.717) is 35.3 Å². The van der Waals surface area contributed by atoms with Crippen molar-refractivity contribution in [3.63, 3.8) is 0 Å². The number of rotatable bonds is 7. The van der Waals surface area contributed by atoms with Crippen LogP contribution in [0.4, 0.5) is 10.5 Å². The van der Waals surface area contributed by atoms with Gasteiger partial charge in [-0.25, -0.2) is 14.5 Å². The van der Waals surface area contributed by atoms with Gasteiger partial charge >= 0.3 is 6.03 Å². The molecule has 2 aromatic carbocycles. The number of nitrogens with one attached hydrogen (secondary N) is 2. The van der Waals surface area contributed by atoms with Gasteiger partial charge in [-0.05, 0) is 60.2 Å². The van der Waals surface area contributed by atoms with Gasteiger partial charge in [0.05, 0.1) is 7.11 Å². The summed E-state index contributed by atoms with van der Waals surface area (Å²) in [4.78, 5) is 16.5. The third kappa shape index (κ3) is 5.18. The highest BCUT2D eigenvalue weighted by Gasteiger charge is 2.06. The van der Waals surface area contributed by atoms with Gasteiger partial charge in [-0.2, -0.15) is 5.10 Å². The van der Waals surface area contributed by atoms with E-state index >= 15 is 0 Å². The first-order chi connectivity index (χ1) is 15.2. The van der Waals surface area contributed by atoms with Crippen LogP contribution in [0.1, 0.15) is 5.56 Å². The number of anilines is 1. The van der Waals surface area contributed by atoms with E-state index in [2.05, 4.69) is 20.7 Å². The second kappa shape index (κ2) is 9.45. The van der Waals surface area contributed by atoms with Crippen molar-refractivity contribution < 1.29 is 14.3 Å². The number of amides is 2. The van der Waals surface area contributed by atoms with E-state index in [-0.39, 0.29) is 6.03 Å². The monoisotopic (exact) mass is 415 g/mol. The molecule has 0 atom stereocenters. The molecule has 0 spiro atoms. The number of carbonyl (C=O) groups is 1. The Kier molecular flexibility index (Phi) is 6.08. The highest BCUT2D eigenvalue weighted by Crippen LogP contribution is 2.31. The largest absolute Gasteiger partial charge is 0.493 e. The summed E-state index contributed by atoms with van der Waals surface area (Å²) in [5.74, 6) is 2.60. The zero-order valence-corrected chi connectivity index (χ0v) is 16.9. The first kappa shape index (κ1) is 20.0. The summed E-state index contributed by atoms with van der Waals surface area (Å²) in [6, 6.07) is 19.7. The lowest BCUT2D eigenvalue weighted by Gasteiger charge is -2.11. The number of pyridine rings is 1. The Labute approximate surface area is 179 Å². The molecule has 8 heteroatoms. The predicted octanol–water partition coefficient (Wildman–Crippen LogP) is 4.39. The van der Waals surface area contributed by atoms with Crippen LogP contribution >= 0.6 is 0 Å². The van der Waals surface area contributed by atoms with E-state index in [4.69, 9.17) is 9.47 Å². The molecule has 0 unspecified atom stereocenters. The van der Waals surface area contributed by atoms with Gasteiger partial charge in [-0.15, -0.1) is 0 Å². The number of aromatic nitrogens is 3. The van der Waals surface area contributed by atoms with Crippen molar-refractivity contribution in [2.45, 2.75) is 6.54 Å². The molecule has 0 saturated carbocycles. The fourth-order valence-electron chi connectivity index (χ4n) is 2.89. The SMILES string of the molecule is COc1ccccc1Oc1ccc(NC(=O)NCc2ccnc(-n3cccn3)c2)cc1. The second-order valence-corrected chi connectivity index (χ2v) is 6.56. The van der Waals surface area contributed by atoms with Crippen molar-refractivity contribution >= 4 is 11.7 Å². The molecule has 2 amide bonds. The van der Waals surface area contributed by atoms with E-state index in [1.807, 2.05) is 48.7 Å². The minimum absolute atomic E-state index is 0.309. The summed E-state index contributed by atoms with van der Waals surface area (Å²) >= 11 is 0. The van der Waals surface area contributed by atoms with Crippen LogP contribution in [-0.2, 0) is 6.54 Å². The molecule has 31 heavy (non-hydrogen) atoms. The fourth-order valence-corrected chi connectivity index (χ4v) is 2.89. The van der Waals surface area contributed by atoms with Gasteiger partial charge < -0.3 is 20.1 Å². The molecule has 0 aliphatic heterocycles. The summed E-state index contributed by atoms with van der Waals surface area (Å²) in [6.07, 6.45) is 5.19. The van der Waals surface area contributed by atoms with E-state index in [0.717, 1.165) is 5.56 Å². The molecule has 2 heterocycles. The van der Waals surface area contributed by atoms with Crippen molar-refractivity contribution in [2.75, 3.05) is 12.4 Å². The zero-order chi connectivity index (χ0) is 21.5. The molecule has 0 fully saturated rings. The third-order valence-electron chi connectivity index (χ3n) is 4.41. The van der Waals surface area contributed by atoms with Crippen LogP contribution in [-0.4, -0.2) is 27.9 Å². The Morgan fingerprint density at radius 3 is 2.55 bits per heavy atom. The first-order valence-electron chi connectivity index (χ1n) is 9.62. The Bertz CT molecular complexity index is 1140. The number of hydrogen-bond donors (Lipinski definition) is 2. The number of urea groups is 1. The molecular weight excluding hydrogens is 394 g/mol. The molecule has 8 nitrogen and oxygen atoms in total. The van der Waals surface area contributed by atoms with Crippen molar-refractivity contribution in [1.82, 2.24) is 20.1 Å². The molecule has 2 N–H and O–H groups in total. The van der Waals surface area contributed by atoms with Gasteiger partial charge in [-0.1, -0.05) is 12.1 Å². The maximum absolute atomic E-state index is 12.3. The highest BCUT2D eigenvalue weighted by molar-refractivity contribution is 5.89. The molecule has 0 aliphatic carbocycles. The van der Waals surface area contributed by atoms with Gasteiger partial charge in [0, 0.05) is 30.8 Å². The van der Waals surface area contributed by atoms with Gasteiger partial charge in [0.15, 0.2) is 17.3 Å². The molecule has 0 radical (unpaired) electrons. The molecule has 0 saturated heterocycles. The normalized spacial score (nSPS) is 10.4. The zero-order valence-electron chi connectivity index (χ0n) is 16.9. The standard InChI is InChI=1S/C23H21N5O3/c1-30-20-5-2-3-6-21(20)31-19-9-7-18(8-10-19)27-23(29)25-16-17-11-13-24-22(15-17)28-14-4-12-26-28/h2-15H,16H2,1H3,(H2,25,27,29). The van der Waals surface area contributed by atoms with Crippen LogP contribution in [0.5, 0.6) is 17.2 Å². The fraction of sp³-hybridized carbons (Fsp3) is 0.0870. The van der Waals surface area contributed by atoms with Gasteiger partial charge in [0.2, 0.25) is 0 Å². The van der Waals surface area contributed by atoms with E-state index in [1.54, 1.807) is 48.5 Å². The summed E-state index contributed by atoms with van der Waals surface area (Å²) in [5.41, 5.74) is 1.56. The smallest absolute Gasteiger partial charge is 0.319 e. The van der Waals surface area contributed by atoms with E-state index < -0.39 is 0 Å². The van der Waals surface area contributed by atoms with E-state index in [1.165, 1.54) is 0 Å². The topological polar surface area (TPSA) is 90.3 Å². The maximum Gasteiger partial charge on any atom is 0.319 e. The molecular formula is C23H21N5O3. The van der Waals surface area contributed by atoms with Crippen LogP contribution < -0.4 is 20.1 Å². The Morgan fingerprint density at radius 2 is 1.81 bits per heavy atom. The predicted molar refractivity (Wildman–Crippen MR) is 117 cm³/mol. The first-order valence-corrected chi connectivity index (χ1v) is 9.62. The van der Waals surface area contributed by atoms with Crippen LogP contribution in [0.25, 0.3) is 5.82 Å².